The van der Waals surface area contributed by atoms with Crippen molar-refractivity contribution in [1.29, 1.82) is 0 Å². The topological polar surface area (TPSA) is 66.4 Å². The Balaban J connectivity index is 3.18. The van der Waals surface area contributed by atoms with E-state index in [9.17, 15) is 14.7 Å². The van der Waals surface area contributed by atoms with Gasteiger partial charge in [0.25, 0.3) is 0 Å². The molecule has 0 heterocycles. The van der Waals surface area contributed by atoms with Crippen molar-refractivity contribution < 1.29 is 14.7 Å². The Labute approximate surface area is 111 Å². The van der Waals surface area contributed by atoms with Gasteiger partial charge in [0.05, 0.1) is 0 Å². The summed E-state index contributed by atoms with van der Waals surface area (Å²) in [6.45, 7) is 3.67. The van der Waals surface area contributed by atoms with Crippen LogP contribution in [0.15, 0.2) is 30.3 Å². The summed E-state index contributed by atoms with van der Waals surface area (Å²) in [5, 5.41) is 9.34. The summed E-state index contributed by atoms with van der Waals surface area (Å²) in [5.74, 6) is -1.78. The molecule has 1 aromatic rings. The first-order valence-corrected chi connectivity index (χ1v) is 6.03. The summed E-state index contributed by atoms with van der Waals surface area (Å²) in [7, 11) is 0. The Morgan fingerprint density at radius 1 is 1.33 bits per heavy atom. The molecule has 0 aliphatic heterocycles. The van der Waals surface area contributed by atoms with Gasteiger partial charge in [-0.1, -0.05) is 44.2 Å². The Hall–Kier alpha value is -1.39. The highest BCUT2D eigenvalue weighted by Crippen LogP contribution is 2.23. The van der Waals surface area contributed by atoms with Crippen molar-refractivity contribution in [1.82, 2.24) is 4.84 Å². The van der Waals surface area contributed by atoms with Gasteiger partial charge in [-0.25, -0.2) is 9.63 Å². The van der Waals surface area contributed by atoms with Crippen molar-refractivity contribution in [3.63, 3.8) is 0 Å². The molecule has 0 spiro atoms. The number of halogens is 1. The van der Waals surface area contributed by atoms with Crippen LogP contribution in [0, 0.1) is 5.92 Å². The Bertz CT molecular complexity index is 433. The quantitative estimate of drug-likeness (QED) is 0.473. The highest BCUT2D eigenvalue weighted by molar-refractivity contribution is 6.24. The molecule has 4 nitrogen and oxygen atoms in total. The van der Waals surface area contributed by atoms with E-state index in [1.54, 1.807) is 30.3 Å². The van der Waals surface area contributed by atoms with Crippen LogP contribution in [0.3, 0.4) is 0 Å². The van der Waals surface area contributed by atoms with Crippen molar-refractivity contribution in [2.45, 2.75) is 25.8 Å². The van der Waals surface area contributed by atoms with Gasteiger partial charge in [0.15, 0.2) is 11.3 Å². The van der Waals surface area contributed by atoms with Crippen molar-refractivity contribution in [3.8, 4) is 0 Å². The van der Waals surface area contributed by atoms with E-state index in [-0.39, 0.29) is 12.3 Å². The molecule has 0 bridgehead atoms. The summed E-state index contributed by atoms with van der Waals surface area (Å²) in [5.41, 5.74) is -1.45. The van der Waals surface area contributed by atoms with Gasteiger partial charge in [-0.2, -0.15) is 0 Å². The second-order valence-corrected chi connectivity index (χ2v) is 4.79. The number of Topliss-reactive ketones (excluding diaryl/α,β-unsaturated/α-hetero) is 1. The fourth-order valence-corrected chi connectivity index (χ4v) is 2.09. The van der Waals surface area contributed by atoms with E-state index in [0.717, 1.165) is 0 Å². The smallest absolute Gasteiger partial charge is 0.333 e. The van der Waals surface area contributed by atoms with E-state index in [4.69, 9.17) is 11.8 Å². The number of carbonyl (C=O) groups is 2. The molecule has 0 aliphatic carbocycles. The SMILES string of the molecule is CC(C)C[C@](NCl)(C(=O)O)C(=O)c1ccccc1. The molecule has 0 radical (unpaired) electrons. The van der Waals surface area contributed by atoms with E-state index in [1.165, 1.54) is 0 Å². The molecule has 2 N–H and O–H groups in total. The van der Waals surface area contributed by atoms with Gasteiger partial charge in [-0.05, 0) is 24.1 Å². The van der Waals surface area contributed by atoms with Crippen LogP contribution in [-0.2, 0) is 4.79 Å². The fourth-order valence-electron chi connectivity index (χ4n) is 1.85. The van der Waals surface area contributed by atoms with Gasteiger partial charge in [0.2, 0.25) is 0 Å². The van der Waals surface area contributed by atoms with E-state index in [2.05, 4.69) is 4.84 Å². The summed E-state index contributed by atoms with van der Waals surface area (Å²) in [6.07, 6.45) is 0.125. The van der Waals surface area contributed by atoms with Gasteiger partial charge in [0, 0.05) is 5.56 Å². The molecule has 1 atom stereocenters. The first-order chi connectivity index (χ1) is 8.44. The van der Waals surface area contributed by atoms with Crippen molar-refractivity contribution >= 4 is 23.5 Å². The first-order valence-electron chi connectivity index (χ1n) is 5.65. The highest BCUT2D eigenvalue weighted by Gasteiger charge is 2.46. The van der Waals surface area contributed by atoms with Gasteiger partial charge >= 0.3 is 5.97 Å². The maximum atomic E-state index is 12.3. The molecule has 5 heteroatoms. The van der Waals surface area contributed by atoms with Gasteiger partial charge in [-0.15, -0.1) is 0 Å². The molecular weight excluding hydrogens is 254 g/mol. The van der Waals surface area contributed by atoms with Crippen molar-refractivity contribution in [2.24, 2.45) is 5.92 Å². The van der Waals surface area contributed by atoms with Gasteiger partial charge in [0.1, 0.15) is 0 Å². The Kier molecular flexibility index (Phi) is 4.87. The number of rotatable bonds is 6. The number of hydrogen-bond donors (Lipinski definition) is 2. The predicted molar refractivity (Wildman–Crippen MR) is 69.6 cm³/mol. The zero-order valence-electron chi connectivity index (χ0n) is 10.3. The number of carbonyl (C=O) groups excluding carboxylic acids is 1. The third kappa shape index (κ3) is 2.89. The van der Waals surface area contributed by atoms with Crippen molar-refractivity contribution in [2.75, 3.05) is 0 Å². The molecule has 1 aromatic carbocycles. The molecule has 98 valence electrons. The molecule has 0 aliphatic rings. The third-order valence-electron chi connectivity index (χ3n) is 2.66. The third-order valence-corrected chi connectivity index (χ3v) is 2.99. The lowest BCUT2D eigenvalue weighted by molar-refractivity contribution is -0.142. The van der Waals surface area contributed by atoms with Crippen LogP contribution in [0.2, 0.25) is 0 Å². The van der Waals surface area contributed by atoms with Crippen LogP contribution < -0.4 is 4.84 Å². The summed E-state index contributed by atoms with van der Waals surface area (Å²) in [6, 6.07) is 8.28. The minimum Gasteiger partial charge on any atom is -0.479 e. The lowest BCUT2D eigenvalue weighted by Gasteiger charge is -2.27. The standard InChI is InChI=1S/C13H16ClNO3/c1-9(2)8-13(15-14,12(17)18)11(16)10-6-4-3-5-7-10/h3-7,9,15H,8H2,1-2H3,(H,17,18)/t13-/m1/s1. The maximum Gasteiger partial charge on any atom is 0.333 e. The van der Waals surface area contributed by atoms with Crippen molar-refractivity contribution in [3.05, 3.63) is 35.9 Å². The lowest BCUT2D eigenvalue weighted by Crippen LogP contribution is -2.55. The normalized spacial score (nSPS) is 14.2. The molecule has 0 amide bonds. The molecule has 0 fully saturated rings. The minimum atomic E-state index is -1.78. The minimum absolute atomic E-state index is 0.0139. The number of aliphatic carboxylic acids is 1. The summed E-state index contributed by atoms with van der Waals surface area (Å²) < 4.78 is 0. The zero-order chi connectivity index (χ0) is 13.8. The number of ketones is 1. The van der Waals surface area contributed by atoms with Crippen LogP contribution in [-0.4, -0.2) is 22.4 Å². The second-order valence-electron chi connectivity index (χ2n) is 4.60. The van der Waals surface area contributed by atoms with E-state index < -0.39 is 17.3 Å². The van der Waals surface area contributed by atoms with Crippen LogP contribution in [0.5, 0.6) is 0 Å². The molecular formula is C13H16ClNO3. The lowest BCUT2D eigenvalue weighted by atomic mass is 9.83. The van der Waals surface area contributed by atoms with Gasteiger partial charge in [-0.3, -0.25) is 4.79 Å². The molecule has 1 rings (SSSR count). The van der Waals surface area contributed by atoms with E-state index in [0.29, 0.717) is 5.56 Å². The molecule has 0 unspecified atom stereocenters. The molecule has 0 aromatic heterocycles. The first kappa shape index (κ1) is 14.7. The molecule has 0 saturated carbocycles. The number of benzene rings is 1. The molecule has 0 saturated heterocycles. The second kappa shape index (κ2) is 5.98. The van der Waals surface area contributed by atoms with Crippen LogP contribution in [0.4, 0.5) is 0 Å². The molecule has 18 heavy (non-hydrogen) atoms. The van der Waals surface area contributed by atoms with Crippen LogP contribution in [0.25, 0.3) is 0 Å². The average molecular weight is 270 g/mol. The predicted octanol–water partition coefficient (Wildman–Crippen LogP) is 2.48. The zero-order valence-corrected chi connectivity index (χ0v) is 11.1. The Morgan fingerprint density at radius 3 is 2.28 bits per heavy atom. The monoisotopic (exact) mass is 269 g/mol. The van der Waals surface area contributed by atoms with Crippen LogP contribution in [0.1, 0.15) is 30.6 Å². The Morgan fingerprint density at radius 2 is 1.89 bits per heavy atom. The maximum absolute atomic E-state index is 12.3. The summed E-state index contributed by atoms with van der Waals surface area (Å²) >= 11 is 5.56. The van der Waals surface area contributed by atoms with E-state index >= 15 is 0 Å². The number of carboxylic acids is 1. The van der Waals surface area contributed by atoms with Gasteiger partial charge < -0.3 is 5.11 Å². The average Bonchev–Trinajstić information content (AvgIpc) is 2.35. The number of carboxylic acid groups (broad SMARTS) is 1. The fraction of sp³-hybridized carbons (Fsp3) is 0.385. The number of nitrogens with one attached hydrogen (secondary N) is 1. The van der Waals surface area contributed by atoms with E-state index in [1.807, 2.05) is 13.8 Å². The number of hydrogen-bond acceptors (Lipinski definition) is 3. The largest absolute Gasteiger partial charge is 0.479 e. The van der Waals surface area contributed by atoms with Crippen LogP contribution >= 0.6 is 11.8 Å². The summed E-state index contributed by atoms with van der Waals surface area (Å²) in [4.78, 5) is 25.9. The highest BCUT2D eigenvalue weighted by atomic mass is 35.5.